The molecule has 1 aliphatic rings. The van der Waals surface area contributed by atoms with Crippen LogP contribution in [0.1, 0.15) is 16.8 Å². The number of nitrogens with zero attached hydrogens (tertiary/aromatic N) is 6. The lowest BCUT2D eigenvalue weighted by Gasteiger charge is -2.34. The minimum atomic E-state index is -4.51. The average molecular weight is 496 g/mol. The Morgan fingerprint density at radius 3 is 2.47 bits per heavy atom. The second-order valence-corrected chi connectivity index (χ2v) is 8.89. The number of nitrogens with one attached hydrogen (secondary N) is 1. The van der Waals surface area contributed by atoms with Gasteiger partial charge < -0.3 is 14.7 Å². The van der Waals surface area contributed by atoms with Crippen LogP contribution in [0.3, 0.4) is 0 Å². The summed E-state index contributed by atoms with van der Waals surface area (Å²) >= 11 is 0. The van der Waals surface area contributed by atoms with Gasteiger partial charge in [0.25, 0.3) is 0 Å². The highest BCUT2D eigenvalue weighted by Gasteiger charge is 2.32. The van der Waals surface area contributed by atoms with Crippen LogP contribution < -0.4 is 9.80 Å². The molecule has 1 aromatic carbocycles. The van der Waals surface area contributed by atoms with Gasteiger partial charge in [-0.2, -0.15) is 18.3 Å². The Labute approximate surface area is 208 Å². The summed E-state index contributed by atoms with van der Waals surface area (Å²) in [6, 6.07) is 10.0. The van der Waals surface area contributed by atoms with E-state index in [0.717, 1.165) is 49.2 Å². The third kappa shape index (κ3) is 5.71. The number of piperazine rings is 1. The topological polar surface area (TPSA) is 71.7 Å². The number of aryl methyl sites for hydroxylation is 1. The maximum absolute atomic E-state index is 13.1. The first-order valence-corrected chi connectivity index (χ1v) is 11.5. The van der Waals surface area contributed by atoms with E-state index in [2.05, 4.69) is 31.9 Å². The molecule has 0 spiro atoms. The van der Waals surface area contributed by atoms with Crippen molar-refractivity contribution in [3.8, 4) is 11.1 Å². The molecule has 0 atom stereocenters. The van der Waals surface area contributed by atoms with Crippen LogP contribution in [-0.2, 0) is 6.18 Å². The van der Waals surface area contributed by atoms with Gasteiger partial charge >= 0.3 is 6.18 Å². The van der Waals surface area contributed by atoms with Gasteiger partial charge in [-0.3, -0.25) is 9.97 Å². The molecule has 0 aliphatic carbocycles. The number of benzene rings is 1. The lowest BCUT2D eigenvalue weighted by Crippen LogP contribution is -2.44. The van der Waals surface area contributed by atoms with Gasteiger partial charge in [-0.1, -0.05) is 12.1 Å². The SMILES string of the molecule is Cc1ccc(-c2ccnc(C(F)(F)F)c2)cc1N(C)/C=C(\N=N)c1cncc(N2CCN(C)CC2)c1. The van der Waals surface area contributed by atoms with Crippen LogP contribution in [-0.4, -0.2) is 55.1 Å². The number of pyridine rings is 2. The molecule has 1 N–H and O–H groups in total. The molecular weight excluding hydrogens is 467 g/mol. The quantitative estimate of drug-likeness (QED) is 0.445. The molecule has 4 rings (SSSR count). The fourth-order valence-electron chi connectivity index (χ4n) is 4.16. The molecule has 188 valence electrons. The van der Waals surface area contributed by atoms with Crippen molar-refractivity contribution in [2.45, 2.75) is 13.1 Å². The number of hydrogen-bond donors (Lipinski definition) is 1. The van der Waals surface area contributed by atoms with E-state index in [-0.39, 0.29) is 0 Å². The minimum absolute atomic E-state index is 0.422. The highest BCUT2D eigenvalue weighted by atomic mass is 19.4. The minimum Gasteiger partial charge on any atom is -0.368 e. The first kappa shape index (κ1) is 25.3. The summed E-state index contributed by atoms with van der Waals surface area (Å²) in [6.45, 7) is 5.65. The fraction of sp³-hybridized carbons (Fsp3) is 0.308. The molecule has 0 unspecified atom stereocenters. The molecule has 10 heteroatoms. The summed E-state index contributed by atoms with van der Waals surface area (Å²) in [5, 5.41) is 3.74. The van der Waals surface area contributed by atoms with Gasteiger partial charge in [0.2, 0.25) is 0 Å². The molecule has 0 radical (unpaired) electrons. The van der Waals surface area contributed by atoms with Crippen molar-refractivity contribution >= 4 is 17.1 Å². The summed E-state index contributed by atoms with van der Waals surface area (Å²) < 4.78 is 39.4. The number of anilines is 2. The zero-order valence-corrected chi connectivity index (χ0v) is 20.4. The van der Waals surface area contributed by atoms with Gasteiger partial charge in [0.1, 0.15) is 11.4 Å². The van der Waals surface area contributed by atoms with Gasteiger partial charge in [-0.25, -0.2) is 5.53 Å². The summed E-state index contributed by atoms with van der Waals surface area (Å²) in [7, 11) is 3.92. The molecule has 3 aromatic rings. The zero-order valence-electron chi connectivity index (χ0n) is 20.4. The van der Waals surface area contributed by atoms with E-state index < -0.39 is 11.9 Å². The molecule has 7 nitrogen and oxygen atoms in total. The van der Waals surface area contributed by atoms with Gasteiger partial charge in [0.05, 0.1) is 11.9 Å². The zero-order chi connectivity index (χ0) is 25.9. The average Bonchev–Trinajstić information content (AvgIpc) is 2.87. The Morgan fingerprint density at radius 2 is 1.78 bits per heavy atom. The maximum atomic E-state index is 13.1. The Kier molecular flexibility index (Phi) is 7.35. The molecule has 0 amide bonds. The standard InChI is InChI=1S/C26H28F3N7/c1-18-4-5-19(20-6-7-32-25(14-20)26(27,28)29)13-24(18)35(3)17-23(33-30)21-12-22(16-31-15-21)36-10-8-34(2)9-11-36/h4-7,12-17,30H,8-11H2,1-3H3/b23-17-,33-30?. The number of likely N-dealkylation sites (N-methyl/N-ethyl adjacent to an activating group) is 1. The Bertz CT molecular complexity index is 1260. The fourth-order valence-corrected chi connectivity index (χ4v) is 4.16. The van der Waals surface area contributed by atoms with Crippen molar-refractivity contribution in [1.82, 2.24) is 14.9 Å². The molecule has 1 aliphatic heterocycles. The second kappa shape index (κ2) is 10.4. The van der Waals surface area contributed by atoms with Crippen molar-refractivity contribution in [1.29, 1.82) is 5.53 Å². The molecule has 3 heterocycles. The number of halogens is 3. The van der Waals surface area contributed by atoms with Crippen LogP contribution in [0.15, 0.2) is 66.3 Å². The van der Waals surface area contributed by atoms with Gasteiger partial charge in [0.15, 0.2) is 0 Å². The molecule has 36 heavy (non-hydrogen) atoms. The summed E-state index contributed by atoms with van der Waals surface area (Å²) in [6.07, 6.45) is 1.88. The van der Waals surface area contributed by atoms with Gasteiger partial charge in [-0.15, -0.1) is 0 Å². The predicted octanol–water partition coefficient (Wildman–Crippen LogP) is 5.69. The molecule has 1 saturated heterocycles. The van der Waals surface area contributed by atoms with Gasteiger partial charge in [0, 0.05) is 63.1 Å². The van der Waals surface area contributed by atoms with Crippen LogP contribution in [0.25, 0.3) is 16.8 Å². The predicted molar refractivity (Wildman–Crippen MR) is 135 cm³/mol. The largest absolute Gasteiger partial charge is 0.433 e. The van der Waals surface area contributed by atoms with Crippen molar-refractivity contribution < 1.29 is 13.2 Å². The summed E-state index contributed by atoms with van der Waals surface area (Å²) in [5.74, 6) is 0. The van der Waals surface area contributed by atoms with E-state index in [1.54, 1.807) is 24.5 Å². The molecule has 0 bridgehead atoms. The van der Waals surface area contributed by atoms with E-state index in [9.17, 15) is 13.2 Å². The Balaban J connectivity index is 1.63. The number of alkyl halides is 3. The monoisotopic (exact) mass is 495 g/mol. The number of aromatic nitrogens is 2. The Hall–Kier alpha value is -3.79. The highest BCUT2D eigenvalue weighted by Crippen LogP contribution is 2.33. The van der Waals surface area contributed by atoms with Crippen molar-refractivity contribution in [3.63, 3.8) is 0 Å². The second-order valence-electron chi connectivity index (χ2n) is 8.89. The smallest absolute Gasteiger partial charge is 0.368 e. The first-order valence-electron chi connectivity index (χ1n) is 11.5. The molecule has 2 aromatic heterocycles. The van der Waals surface area contributed by atoms with Crippen LogP contribution in [0.2, 0.25) is 0 Å². The van der Waals surface area contributed by atoms with E-state index in [1.165, 1.54) is 6.20 Å². The first-order chi connectivity index (χ1) is 17.2. The van der Waals surface area contributed by atoms with Crippen LogP contribution in [0, 0.1) is 12.5 Å². The van der Waals surface area contributed by atoms with E-state index in [1.807, 2.05) is 43.3 Å². The lowest BCUT2D eigenvalue weighted by atomic mass is 10.0. The summed E-state index contributed by atoms with van der Waals surface area (Å²) in [5.41, 5.74) is 11.7. The molecule has 1 fully saturated rings. The maximum Gasteiger partial charge on any atom is 0.433 e. The van der Waals surface area contributed by atoms with Crippen LogP contribution in [0.5, 0.6) is 0 Å². The Morgan fingerprint density at radius 1 is 1.06 bits per heavy atom. The van der Waals surface area contributed by atoms with Crippen molar-refractivity contribution in [2.24, 2.45) is 5.11 Å². The molecule has 0 saturated carbocycles. The van der Waals surface area contributed by atoms with Crippen molar-refractivity contribution in [2.75, 3.05) is 50.1 Å². The van der Waals surface area contributed by atoms with Gasteiger partial charge in [-0.05, 0) is 54.9 Å². The third-order valence-electron chi connectivity index (χ3n) is 6.30. The van der Waals surface area contributed by atoms with E-state index >= 15 is 0 Å². The lowest BCUT2D eigenvalue weighted by molar-refractivity contribution is -0.141. The van der Waals surface area contributed by atoms with E-state index in [4.69, 9.17) is 5.53 Å². The normalized spacial score (nSPS) is 15.2. The van der Waals surface area contributed by atoms with E-state index in [0.29, 0.717) is 22.4 Å². The third-order valence-corrected chi connectivity index (χ3v) is 6.30. The highest BCUT2D eigenvalue weighted by molar-refractivity contribution is 5.74. The van der Waals surface area contributed by atoms with Crippen molar-refractivity contribution in [3.05, 3.63) is 78.0 Å². The summed E-state index contributed by atoms with van der Waals surface area (Å²) in [4.78, 5) is 14.2. The molecular formula is C26H28F3N7. The number of hydrogen-bond acceptors (Lipinski definition) is 7. The van der Waals surface area contributed by atoms with Crippen LogP contribution >= 0.6 is 0 Å². The number of rotatable bonds is 6. The van der Waals surface area contributed by atoms with Crippen LogP contribution in [0.4, 0.5) is 24.5 Å².